The Hall–Kier alpha value is -2.00. The molecule has 0 heteroatoms. The number of fused-ring (bicyclic) bond motifs is 3. The van der Waals surface area contributed by atoms with Crippen LogP contribution in [0.15, 0.2) is 42.5 Å². The topological polar surface area (TPSA) is 0 Å². The Morgan fingerprint density at radius 3 is 2.60 bits per heavy atom. The van der Waals surface area contributed by atoms with E-state index in [0.717, 1.165) is 12.0 Å². The average molecular weight is 190 g/mol. The normalized spacial score (nSPS) is 11.7. The third-order valence-corrected chi connectivity index (χ3v) is 2.97. The fraction of sp³-hybridized carbons (Fsp3) is 0.0667. The van der Waals surface area contributed by atoms with Gasteiger partial charge in [-0.15, -0.1) is 6.42 Å². The molecule has 0 fully saturated rings. The first-order valence-electron chi connectivity index (χ1n) is 5.07. The Morgan fingerprint density at radius 1 is 0.933 bits per heavy atom. The molecule has 0 atom stereocenters. The van der Waals surface area contributed by atoms with E-state index in [-0.39, 0.29) is 0 Å². The van der Waals surface area contributed by atoms with Crippen molar-refractivity contribution in [3.8, 4) is 23.5 Å². The Kier molecular flexibility index (Phi) is 1.66. The third kappa shape index (κ3) is 1.10. The first-order valence-corrected chi connectivity index (χ1v) is 5.07. The van der Waals surface area contributed by atoms with Crippen LogP contribution in [0.4, 0.5) is 0 Å². The van der Waals surface area contributed by atoms with Crippen LogP contribution in [0.1, 0.15) is 16.7 Å². The maximum atomic E-state index is 5.53. The third-order valence-electron chi connectivity index (χ3n) is 2.97. The van der Waals surface area contributed by atoms with E-state index in [4.69, 9.17) is 6.42 Å². The molecule has 15 heavy (non-hydrogen) atoms. The molecule has 0 saturated carbocycles. The summed E-state index contributed by atoms with van der Waals surface area (Å²) in [5.41, 5.74) is 6.32. The molecule has 1 aliphatic carbocycles. The van der Waals surface area contributed by atoms with Crippen molar-refractivity contribution in [2.75, 3.05) is 0 Å². The number of hydrogen-bond donors (Lipinski definition) is 0. The number of rotatable bonds is 0. The minimum absolute atomic E-state index is 1.01. The summed E-state index contributed by atoms with van der Waals surface area (Å²) in [5, 5.41) is 0. The van der Waals surface area contributed by atoms with Crippen LogP contribution in [0.5, 0.6) is 0 Å². The summed E-state index contributed by atoms with van der Waals surface area (Å²) < 4.78 is 0. The highest BCUT2D eigenvalue weighted by atomic mass is 14.2. The van der Waals surface area contributed by atoms with Crippen molar-refractivity contribution in [1.29, 1.82) is 0 Å². The zero-order valence-electron chi connectivity index (χ0n) is 8.33. The lowest BCUT2D eigenvalue weighted by atomic mass is 10.0. The van der Waals surface area contributed by atoms with Crippen LogP contribution in [0, 0.1) is 12.3 Å². The molecule has 70 valence electrons. The number of hydrogen-bond acceptors (Lipinski definition) is 0. The summed E-state index contributed by atoms with van der Waals surface area (Å²) in [6.45, 7) is 0. The molecule has 2 aromatic carbocycles. The van der Waals surface area contributed by atoms with Crippen molar-refractivity contribution in [3.05, 3.63) is 59.2 Å². The highest BCUT2D eigenvalue weighted by Crippen LogP contribution is 2.38. The lowest BCUT2D eigenvalue weighted by Crippen LogP contribution is -1.83. The maximum absolute atomic E-state index is 5.53. The minimum Gasteiger partial charge on any atom is -0.115 e. The lowest BCUT2D eigenvalue weighted by Gasteiger charge is -2.03. The number of terminal acetylenes is 1. The zero-order valence-corrected chi connectivity index (χ0v) is 8.33. The summed E-state index contributed by atoms with van der Waals surface area (Å²) in [4.78, 5) is 0. The molecule has 0 unspecified atom stereocenters. The van der Waals surface area contributed by atoms with Crippen LogP contribution in [-0.2, 0) is 6.42 Å². The Labute approximate surface area is 89.6 Å². The molecule has 0 aliphatic heterocycles. The van der Waals surface area contributed by atoms with Crippen molar-refractivity contribution >= 4 is 0 Å². The largest absolute Gasteiger partial charge is 0.115 e. The van der Waals surface area contributed by atoms with Crippen molar-refractivity contribution in [1.82, 2.24) is 0 Å². The predicted molar refractivity (Wildman–Crippen MR) is 62.6 cm³/mol. The maximum Gasteiger partial charge on any atom is 0.0324 e. The Bertz CT molecular complexity index is 571. The smallest absolute Gasteiger partial charge is 0.0324 e. The summed E-state index contributed by atoms with van der Waals surface area (Å²) in [7, 11) is 0. The molecule has 1 aliphatic rings. The van der Waals surface area contributed by atoms with Crippen LogP contribution in [0.3, 0.4) is 0 Å². The van der Waals surface area contributed by atoms with E-state index >= 15 is 0 Å². The van der Waals surface area contributed by atoms with E-state index in [9.17, 15) is 0 Å². The van der Waals surface area contributed by atoms with Crippen LogP contribution in [0.2, 0.25) is 0 Å². The monoisotopic (exact) mass is 190 g/mol. The second kappa shape index (κ2) is 3.00. The Morgan fingerprint density at radius 2 is 1.73 bits per heavy atom. The summed E-state index contributed by atoms with van der Waals surface area (Å²) >= 11 is 0. The molecule has 0 spiro atoms. The molecule has 2 aromatic rings. The minimum atomic E-state index is 1.01. The predicted octanol–water partition coefficient (Wildman–Crippen LogP) is 3.24. The quantitative estimate of drug-likeness (QED) is 0.477. The molecule has 0 N–H and O–H groups in total. The molecular formula is C15H10. The van der Waals surface area contributed by atoms with E-state index in [0.29, 0.717) is 0 Å². The van der Waals surface area contributed by atoms with Crippen LogP contribution < -0.4 is 0 Å². The van der Waals surface area contributed by atoms with Gasteiger partial charge in [0.15, 0.2) is 0 Å². The van der Waals surface area contributed by atoms with Gasteiger partial charge in [0, 0.05) is 11.1 Å². The van der Waals surface area contributed by atoms with Crippen molar-refractivity contribution in [3.63, 3.8) is 0 Å². The van der Waals surface area contributed by atoms with E-state index in [2.05, 4.69) is 36.3 Å². The van der Waals surface area contributed by atoms with Gasteiger partial charge in [0.25, 0.3) is 0 Å². The van der Waals surface area contributed by atoms with Crippen LogP contribution in [0.25, 0.3) is 11.1 Å². The van der Waals surface area contributed by atoms with Gasteiger partial charge >= 0.3 is 0 Å². The average Bonchev–Trinajstić information content (AvgIpc) is 2.67. The van der Waals surface area contributed by atoms with Gasteiger partial charge in [0.2, 0.25) is 0 Å². The van der Waals surface area contributed by atoms with Crippen LogP contribution >= 0.6 is 0 Å². The summed E-state index contributed by atoms with van der Waals surface area (Å²) in [6.07, 6.45) is 6.54. The van der Waals surface area contributed by atoms with Crippen LogP contribution in [-0.4, -0.2) is 0 Å². The highest BCUT2D eigenvalue weighted by Gasteiger charge is 2.19. The zero-order chi connectivity index (χ0) is 10.3. The standard InChI is InChI=1S/C15H10/c1-2-11-7-5-8-13-10-12-6-3-4-9-14(12)15(11)13/h1,3-9H,10H2. The van der Waals surface area contributed by atoms with Gasteiger partial charge in [-0.2, -0.15) is 0 Å². The van der Waals surface area contributed by atoms with Gasteiger partial charge in [0.1, 0.15) is 0 Å². The second-order valence-corrected chi connectivity index (χ2v) is 3.82. The summed E-state index contributed by atoms with van der Waals surface area (Å²) in [6, 6.07) is 14.7. The molecule has 3 rings (SSSR count). The van der Waals surface area contributed by atoms with Crippen molar-refractivity contribution in [2.45, 2.75) is 6.42 Å². The molecule has 0 bridgehead atoms. The second-order valence-electron chi connectivity index (χ2n) is 3.82. The fourth-order valence-electron chi connectivity index (χ4n) is 2.31. The molecular weight excluding hydrogens is 180 g/mol. The van der Waals surface area contributed by atoms with Crippen molar-refractivity contribution < 1.29 is 0 Å². The fourth-order valence-corrected chi connectivity index (χ4v) is 2.31. The number of benzene rings is 2. The summed E-state index contributed by atoms with van der Waals surface area (Å²) in [5.74, 6) is 2.77. The molecule has 0 heterocycles. The highest BCUT2D eigenvalue weighted by molar-refractivity contribution is 5.81. The molecule has 0 radical (unpaired) electrons. The van der Waals surface area contributed by atoms with E-state index in [1.165, 1.54) is 22.3 Å². The first kappa shape index (κ1) is 8.32. The van der Waals surface area contributed by atoms with Crippen molar-refractivity contribution in [2.24, 2.45) is 0 Å². The van der Waals surface area contributed by atoms with Gasteiger partial charge in [-0.1, -0.05) is 42.3 Å². The first-order chi connectivity index (χ1) is 7.40. The van der Waals surface area contributed by atoms with Gasteiger partial charge in [-0.3, -0.25) is 0 Å². The molecule has 0 nitrogen and oxygen atoms in total. The van der Waals surface area contributed by atoms with E-state index in [1.54, 1.807) is 0 Å². The van der Waals surface area contributed by atoms with Gasteiger partial charge in [0.05, 0.1) is 0 Å². The van der Waals surface area contributed by atoms with E-state index in [1.807, 2.05) is 12.1 Å². The van der Waals surface area contributed by atoms with Gasteiger partial charge in [-0.05, 0) is 29.2 Å². The van der Waals surface area contributed by atoms with Gasteiger partial charge in [-0.25, -0.2) is 0 Å². The van der Waals surface area contributed by atoms with E-state index < -0.39 is 0 Å². The van der Waals surface area contributed by atoms with Gasteiger partial charge < -0.3 is 0 Å². The lowest BCUT2D eigenvalue weighted by molar-refractivity contribution is 1.26. The SMILES string of the molecule is C#Cc1cccc2c1-c1ccccc1C2. The Balaban J connectivity index is 2.36. The molecule has 0 aromatic heterocycles. The molecule has 0 amide bonds. The molecule has 0 saturated heterocycles.